The highest BCUT2D eigenvalue weighted by atomic mass is 15.2. The molecule has 1 aliphatic carbocycles. The molecule has 2 aliphatic rings. The molecule has 0 radical (unpaired) electrons. The van der Waals surface area contributed by atoms with Crippen LogP contribution in [0, 0.1) is 5.92 Å². The van der Waals surface area contributed by atoms with E-state index in [0.717, 1.165) is 24.9 Å². The maximum Gasteiger partial charge on any atom is 0.0165 e. The lowest BCUT2D eigenvalue weighted by Gasteiger charge is -2.39. The van der Waals surface area contributed by atoms with Crippen molar-refractivity contribution in [1.82, 2.24) is 4.90 Å². The fourth-order valence-corrected chi connectivity index (χ4v) is 3.21. The Morgan fingerprint density at radius 1 is 1.29 bits per heavy atom. The van der Waals surface area contributed by atoms with E-state index in [1.54, 1.807) is 0 Å². The van der Waals surface area contributed by atoms with E-state index in [0.29, 0.717) is 6.04 Å². The second-order valence-corrected chi connectivity index (χ2v) is 5.06. The van der Waals surface area contributed by atoms with Crippen LogP contribution >= 0.6 is 0 Å². The Bertz CT molecular complexity index is 181. The van der Waals surface area contributed by atoms with E-state index >= 15 is 0 Å². The minimum absolute atomic E-state index is 0.398. The van der Waals surface area contributed by atoms with E-state index in [1.807, 2.05) is 0 Å². The van der Waals surface area contributed by atoms with Crippen LogP contribution in [0.15, 0.2) is 0 Å². The van der Waals surface area contributed by atoms with Gasteiger partial charge in [-0.25, -0.2) is 0 Å². The molecule has 1 aliphatic heterocycles. The van der Waals surface area contributed by atoms with Crippen molar-refractivity contribution in [2.75, 3.05) is 13.1 Å². The first-order valence-electron chi connectivity index (χ1n) is 6.31. The van der Waals surface area contributed by atoms with Crippen molar-refractivity contribution in [2.24, 2.45) is 11.7 Å². The molecule has 2 rings (SSSR count). The third kappa shape index (κ3) is 2.12. The van der Waals surface area contributed by atoms with E-state index in [9.17, 15) is 0 Å². The van der Waals surface area contributed by atoms with E-state index in [1.165, 1.54) is 38.6 Å². The molecule has 0 aromatic rings. The predicted octanol–water partition coefficient (Wildman–Crippen LogP) is 1.99. The van der Waals surface area contributed by atoms with Crippen molar-refractivity contribution >= 4 is 0 Å². The molecular formula is C12H24N2. The molecule has 0 bridgehead atoms. The smallest absolute Gasteiger partial charge is 0.0165 e. The molecule has 3 atom stereocenters. The molecule has 1 saturated heterocycles. The van der Waals surface area contributed by atoms with E-state index in [2.05, 4.69) is 11.8 Å². The summed E-state index contributed by atoms with van der Waals surface area (Å²) in [5, 5.41) is 0. The number of nitrogens with two attached hydrogens (primary N) is 1. The van der Waals surface area contributed by atoms with Gasteiger partial charge in [-0.1, -0.05) is 13.3 Å². The second-order valence-electron chi connectivity index (χ2n) is 5.06. The van der Waals surface area contributed by atoms with Gasteiger partial charge >= 0.3 is 0 Å². The monoisotopic (exact) mass is 196 g/mol. The summed E-state index contributed by atoms with van der Waals surface area (Å²) in [6.07, 6.45) is 8.35. The van der Waals surface area contributed by atoms with Crippen molar-refractivity contribution in [2.45, 2.75) is 57.5 Å². The fraction of sp³-hybridized carbons (Fsp3) is 1.00. The summed E-state index contributed by atoms with van der Waals surface area (Å²) >= 11 is 0. The Morgan fingerprint density at radius 3 is 2.86 bits per heavy atom. The average molecular weight is 196 g/mol. The zero-order valence-electron chi connectivity index (χ0n) is 9.41. The van der Waals surface area contributed by atoms with Crippen LogP contribution in [0.1, 0.15) is 45.4 Å². The van der Waals surface area contributed by atoms with Crippen LogP contribution in [0.5, 0.6) is 0 Å². The Labute approximate surface area is 87.8 Å². The van der Waals surface area contributed by atoms with Crippen molar-refractivity contribution in [1.29, 1.82) is 0 Å². The van der Waals surface area contributed by atoms with Gasteiger partial charge in [0.25, 0.3) is 0 Å². The number of nitrogens with zero attached hydrogens (tertiary/aromatic N) is 1. The van der Waals surface area contributed by atoms with E-state index in [4.69, 9.17) is 5.73 Å². The van der Waals surface area contributed by atoms with Gasteiger partial charge < -0.3 is 5.73 Å². The number of hydrogen-bond donors (Lipinski definition) is 1. The molecule has 1 heterocycles. The van der Waals surface area contributed by atoms with Gasteiger partial charge in [-0.2, -0.15) is 0 Å². The zero-order chi connectivity index (χ0) is 9.97. The molecule has 0 aromatic heterocycles. The normalized spacial score (nSPS) is 35.6. The fourth-order valence-electron chi connectivity index (χ4n) is 3.21. The van der Waals surface area contributed by atoms with Crippen LogP contribution in [0.2, 0.25) is 0 Å². The highest BCUT2D eigenvalue weighted by molar-refractivity contribution is 4.90. The lowest BCUT2D eigenvalue weighted by atomic mass is 9.91. The molecular weight excluding hydrogens is 172 g/mol. The quantitative estimate of drug-likeness (QED) is 0.748. The molecule has 0 amide bonds. The maximum atomic E-state index is 6.04. The maximum absolute atomic E-state index is 6.04. The lowest BCUT2D eigenvalue weighted by Crippen LogP contribution is -2.47. The van der Waals surface area contributed by atoms with Gasteiger partial charge in [0.15, 0.2) is 0 Å². The molecule has 0 spiro atoms. The largest absolute Gasteiger partial charge is 0.327 e. The van der Waals surface area contributed by atoms with E-state index in [-0.39, 0.29) is 0 Å². The Hall–Kier alpha value is -0.0800. The zero-order valence-corrected chi connectivity index (χ0v) is 9.41. The van der Waals surface area contributed by atoms with Crippen LogP contribution in [-0.2, 0) is 0 Å². The van der Waals surface area contributed by atoms with Crippen molar-refractivity contribution in [3.63, 3.8) is 0 Å². The molecule has 2 unspecified atom stereocenters. The summed E-state index contributed by atoms with van der Waals surface area (Å²) in [5.74, 6) is 1.01. The van der Waals surface area contributed by atoms with E-state index < -0.39 is 0 Å². The number of fused-ring (bicyclic) bond motifs is 1. The Kier molecular flexibility index (Phi) is 3.45. The molecule has 82 valence electrons. The highest BCUT2D eigenvalue weighted by Crippen LogP contribution is 2.36. The Morgan fingerprint density at radius 2 is 2.07 bits per heavy atom. The molecule has 2 nitrogen and oxygen atoms in total. The average Bonchev–Trinajstić information content (AvgIpc) is 2.66. The summed E-state index contributed by atoms with van der Waals surface area (Å²) in [7, 11) is 0. The van der Waals surface area contributed by atoms with Crippen LogP contribution < -0.4 is 5.73 Å². The summed E-state index contributed by atoms with van der Waals surface area (Å²) in [6.45, 7) is 4.63. The second kappa shape index (κ2) is 4.63. The van der Waals surface area contributed by atoms with Gasteiger partial charge in [-0.15, -0.1) is 0 Å². The third-order valence-corrected chi connectivity index (χ3v) is 4.10. The molecule has 14 heavy (non-hydrogen) atoms. The molecule has 0 aromatic carbocycles. The van der Waals surface area contributed by atoms with Crippen molar-refractivity contribution in [3.8, 4) is 0 Å². The molecule has 1 saturated carbocycles. The SMILES string of the molecule is CC[C@@H](N)CN1CCCC2CCCC21. The highest BCUT2D eigenvalue weighted by Gasteiger charge is 2.34. The van der Waals surface area contributed by atoms with Gasteiger partial charge in [-0.3, -0.25) is 4.90 Å². The number of rotatable bonds is 3. The number of hydrogen-bond acceptors (Lipinski definition) is 2. The van der Waals surface area contributed by atoms with Gasteiger partial charge in [0.05, 0.1) is 0 Å². The standard InChI is InChI=1S/C12H24N2/c1-2-11(13)9-14-8-4-6-10-5-3-7-12(10)14/h10-12H,2-9,13H2,1H3/t10?,11-,12?/m1/s1. The van der Waals surface area contributed by atoms with Gasteiger partial charge in [0.1, 0.15) is 0 Å². The number of likely N-dealkylation sites (tertiary alicyclic amines) is 1. The minimum Gasteiger partial charge on any atom is -0.327 e. The van der Waals surface area contributed by atoms with Crippen LogP contribution in [-0.4, -0.2) is 30.1 Å². The number of piperidine rings is 1. The molecule has 2 fully saturated rings. The Balaban J connectivity index is 1.90. The first-order valence-corrected chi connectivity index (χ1v) is 6.31. The third-order valence-electron chi connectivity index (χ3n) is 4.10. The lowest BCUT2D eigenvalue weighted by molar-refractivity contribution is 0.106. The van der Waals surface area contributed by atoms with Gasteiger partial charge in [-0.05, 0) is 44.6 Å². The van der Waals surface area contributed by atoms with Crippen LogP contribution in [0.3, 0.4) is 0 Å². The predicted molar refractivity (Wildman–Crippen MR) is 60.2 cm³/mol. The first-order chi connectivity index (χ1) is 6.81. The molecule has 2 heteroatoms. The summed E-state index contributed by atoms with van der Waals surface area (Å²) in [6, 6.07) is 1.29. The van der Waals surface area contributed by atoms with Gasteiger partial charge in [0, 0.05) is 18.6 Å². The topological polar surface area (TPSA) is 29.3 Å². The minimum atomic E-state index is 0.398. The summed E-state index contributed by atoms with van der Waals surface area (Å²) < 4.78 is 0. The van der Waals surface area contributed by atoms with Crippen LogP contribution in [0.25, 0.3) is 0 Å². The summed E-state index contributed by atoms with van der Waals surface area (Å²) in [5.41, 5.74) is 6.04. The van der Waals surface area contributed by atoms with Gasteiger partial charge in [0.2, 0.25) is 0 Å². The summed E-state index contributed by atoms with van der Waals surface area (Å²) in [4.78, 5) is 2.68. The van der Waals surface area contributed by atoms with Crippen LogP contribution in [0.4, 0.5) is 0 Å². The first kappa shape index (κ1) is 10.4. The molecule has 2 N–H and O–H groups in total. The van der Waals surface area contributed by atoms with Crippen molar-refractivity contribution < 1.29 is 0 Å². The van der Waals surface area contributed by atoms with Crippen molar-refractivity contribution in [3.05, 3.63) is 0 Å².